The number of aryl methyl sites for hydroxylation is 1. The Morgan fingerprint density at radius 1 is 1.50 bits per heavy atom. The summed E-state index contributed by atoms with van der Waals surface area (Å²) in [5, 5.41) is 3.26. The van der Waals surface area contributed by atoms with Gasteiger partial charge in [0.15, 0.2) is 5.13 Å². The Morgan fingerprint density at radius 3 is 2.89 bits per heavy atom. The van der Waals surface area contributed by atoms with E-state index in [1.54, 1.807) is 24.4 Å². The number of nitrogens with two attached hydrogens (primary N) is 1. The van der Waals surface area contributed by atoms with E-state index in [9.17, 15) is 4.79 Å². The third kappa shape index (κ3) is 2.43. The Labute approximate surface area is 109 Å². The summed E-state index contributed by atoms with van der Waals surface area (Å²) in [7, 11) is 1.51. The molecule has 0 aliphatic heterocycles. The van der Waals surface area contributed by atoms with Gasteiger partial charge in [-0.05, 0) is 19.1 Å². The molecule has 2 rings (SSSR count). The molecule has 0 aliphatic carbocycles. The number of benzene rings is 1. The van der Waals surface area contributed by atoms with Gasteiger partial charge >= 0.3 is 0 Å². The molecule has 0 fully saturated rings. The van der Waals surface area contributed by atoms with E-state index in [1.165, 1.54) is 18.4 Å². The number of aromatic nitrogens is 1. The van der Waals surface area contributed by atoms with Crippen molar-refractivity contribution < 1.29 is 9.53 Å². The molecule has 0 bridgehead atoms. The Hall–Kier alpha value is -2.08. The minimum Gasteiger partial charge on any atom is -0.495 e. The number of para-hydroxylation sites is 1. The summed E-state index contributed by atoms with van der Waals surface area (Å²) in [6.45, 7) is 1.92. The number of nitrogens with one attached hydrogen (secondary N) is 1. The number of methoxy groups -OCH3 is 1. The average Bonchev–Trinajstić information content (AvgIpc) is 2.75. The Morgan fingerprint density at radius 2 is 2.28 bits per heavy atom. The number of amides is 1. The van der Waals surface area contributed by atoms with Gasteiger partial charge in [0.25, 0.3) is 5.91 Å². The molecule has 2 aromatic rings. The van der Waals surface area contributed by atoms with Gasteiger partial charge in [-0.25, -0.2) is 4.98 Å². The molecule has 1 aromatic heterocycles. The lowest BCUT2D eigenvalue weighted by atomic mass is 10.1. The molecule has 1 amide bonds. The van der Waals surface area contributed by atoms with Crippen molar-refractivity contribution in [2.75, 3.05) is 18.2 Å². The fraction of sp³-hybridized carbons (Fsp3) is 0.167. The van der Waals surface area contributed by atoms with Crippen molar-refractivity contribution in [3.05, 3.63) is 34.8 Å². The van der Waals surface area contributed by atoms with Crippen molar-refractivity contribution >= 4 is 28.1 Å². The van der Waals surface area contributed by atoms with Gasteiger partial charge in [0.2, 0.25) is 0 Å². The molecule has 94 valence electrons. The lowest BCUT2D eigenvalue weighted by Gasteiger charge is -2.08. The van der Waals surface area contributed by atoms with Gasteiger partial charge in [0.1, 0.15) is 5.75 Å². The molecule has 0 aliphatic rings. The molecule has 1 aromatic carbocycles. The summed E-state index contributed by atoms with van der Waals surface area (Å²) in [5.74, 6) is 0.193. The predicted molar refractivity (Wildman–Crippen MR) is 72.2 cm³/mol. The first-order valence-electron chi connectivity index (χ1n) is 5.28. The third-order valence-electron chi connectivity index (χ3n) is 2.37. The summed E-state index contributed by atoms with van der Waals surface area (Å²) in [6, 6.07) is 5.07. The normalized spacial score (nSPS) is 10.1. The van der Waals surface area contributed by atoms with Crippen LogP contribution in [0.15, 0.2) is 24.4 Å². The van der Waals surface area contributed by atoms with Crippen LogP contribution in [-0.4, -0.2) is 18.0 Å². The second-order valence-electron chi connectivity index (χ2n) is 3.65. The monoisotopic (exact) mass is 263 g/mol. The van der Waals surface area contributed by atoms with E-state index < -0.39 is 0 Å². The van der Waals surface area contributed by atoms with Gasteiger partial charge in [-0.1, -0.05) is 6.07 Å². The molecule has 0 unspecified atom stereocenters. The van der Waals surface area contributed by atoms with E-state index in [0.717, 1.165) is 4.88 Å². The lowest BCUT2D eigenvalue weighted by Crippen LogP contribution is -2.14. The van der Waals surface area contributed by atoms with E-state index in [1.807, 2.05) is 6.92 Å². The number of rotatable bonds is 3. The van der Waals surface area contributed by atoms with Crippen molar-refractivity contribution in [3.63, 3.8) is 0 Å². The van der Waals surface area contributed by atoms with Gasteiger partial charge in [-0.15, -0.1) is 11.3 Å². The maximum Gasteiger partial charge on any atom is 0.259 e. The standard InChI is InChI=1S/C12H13N3O2S/c1-7-6-14-12(18-7)15-11(16)8-4-3-5-9(17-2)10(8)13/h3-6H,13H2,1-2H3,(H,14,15,16). The van der Waals surface area contributed by atoms with Crippen molar-refractivity contribution in [3.8, 4) is 5.75 Å². The maximum atomic E-state index is 12.0. The zero-order chi connectivity index (χ0) is 13.1. The highest BCUT2D eigenvalue weighted by Crippen LogP contribution is 2.26. The van der Waals surface area contributed by atoms with Crippen LogP contribution in [0.5, 0.6) is 5.75 Å². The van der Waals surface area contributed by atoms with E-state index in [-0.39, 0.29) is 5.91 Å². The van der Waals surface area contributed by atoms with Crippen LogP contribution in [-0.2, 0) is 0 Å². The fourth-order valence-corrected chi connectivity index (χ4v) is 2.16. The van der Waals surface area contributed by atoms with Gasteiger partial charge in [0, 0.05) is 11.1 Å². The maximum absolute atomic E-state index is 12.0. The zero-order valence-electron chi connectivity index (χ0n) is 10.1. The second kappa shape index (κ2) is 5.05. The van der Waals surface area contributed by atoms with E-state index in [2.05, 4.69) is 10.3 Å². The fourth-order valence-electron chi connectivity index (χ4n) is 1.50. The Balaban J connectivity index is 2.24. The number of thiazole rings is 1. The van der Waals surface area contributed by atoms with Crippen LogP contribution in [0.2, 0.25) is 0 Å². The van der Waals surface area contributed by atoms with Crippen LogP contribution in [0.25, 0.3) is 0 Å². The Bertz CT molecular complexity index is 580. The zero-order valence-corrected chi connectivity index (χ0v) is 10.9. The molecule has 3 N–H and O–H groups in total. The summed E-state index contributed by atoms with van der Waals surface area (Å²) < 4.78 is 5.07. The van der Waals surface area contributed by atoms with Gasteiger partial charge < -0.3 is 10.5 Å². The van der Waals surface area contributed by atoms with E-state index >= 15 is 0 Å². The largest absolute Gasteiger partial charge is 0.495 e. The van der Waals surface area contributed by atoms with Crippen LogP contribution in [0, 0.1) is 6.92 Å². The molecule has 0 spiro atoms. The van der Waals surface area contributed by atoms with Crippen LogP contribution in [0.1, 0.15) is 15.2 Å². The van der Waals surface area contributed by atoms with Crippen molar-refractivity contribution in [1.82, 2.24) is 4.98 Å². The summed E-state index contributed by atoms with van der Waals surface area (Å²) in [4.78, 5) is 17.1. The van der Waals surface area contributed by atoms with Crippen LogP contribution in [0.3, 0.4) is 0 Å². The number of nitrogens with zero attached hydrogens (tertiary/aromatic N) is 1. The highest BCUT2D eigenvalue weighted by molar-refractivity contribution is 7.15. The molecule has 0 radical (unpaired) electrons. The summed E-state index contributed by atoms with van der Waals surface area (Å²) in [5.41, 5.74) is 6.55. The molecule has 5 nitrogen and oxygen atoms in total. The second-order valence-corrected chi connectivity index (χ2v) is 4.89. The highest BCUT2D eigenvalue weighted by Gasteiger charge is 2.14. The Kier molecular flexibility index (Phi) is 3.47. The van der Waals surface area contributed by atoms with Gasteiger partial charge in [-0.3, -0.25) is 10.1 Å². The number of hydrogen-bond donors (Lipinski definition) is 2. The number of nitrogen functional groups attached to an aromatic ring is 1. The molecule has 1 heterocycles. The summed E-state index contributed by atoms with van der Waals surface area (Å²) >= 11 is 1.41. The lowest BCUT2D eigenvalue weighted by molar-refractivity contribution is 0.102. The first kappa shape index (κ1) is 12.4. The molecule has 18 heavy (non-hydrogen) atoms. The number of ether oxygens (including phenoxy) is 1. The third-order valence-corrected chi connectivity index (χ3v) is 3.20. The number of carbonyl (C=O) groups is 1. The van der Waals surface area contributed by atoms with E-state index in [0.29, 0.717) is 22.1 Å². The van der Waals surface area contributed by atoms with Crippen LogP contribution >= 0.6 is 11.3 Å². The highest BCUT2D eigenvalue weighted by atomic mass is 32.1. The van der Waals surface area contributed by atoms with E-state index in [4.69, 9.17) is 10.5 Å². The molecule has 0 saturated heterocycles. The predicted octanol–water partition coefficient (Wildman–Crippen LogP) is 2.29. The van der Waals surface area contributed by atoms with Gasteiger partial charge in [0.05, 0.1) is 18.4 Å². The molecule has 6 heteroatoms. The molecule has 0 atom stereocenters. The average molecular weight is 263 g/mol. The molecular weight excluding hydrogens is 250 g/mol. The first-order chi connectivity index (χ1) is 8.61. The quantitative estimate of drug-likeness (QED) is 0.833. The van der Waals surface area contributed by atoms with Gasteiger partial charge in [-0.2, -0.15) is 0 Å². The van der Waals surface area contributed by atoms with Crippen LogP contribution < -0.4 is 15.8 Å². The van der Waals surface area contributed by atoms with Crippen molar-refractivity contribution in [2.24, 2.45) is 0 Å². The topological polar surface area (TPSA) is 77.2 Å². The summed E-state index contributed by atoms with van der Waals surface area (Å²) in [6.07, 6.45) is 1.70. The number of anilines is 2. The minimum atomic E-state index is -0.291. The SMILES string of the molecule is COc1cccc(C(=O)Nc2ncc(C)s2)c1N. The smallest absolute Gasteiger partial charge is 0.259 e. The van der Waals surface area contributed by atoms with Crippen molar-refractivity contribution in [1.29, 1.82) is 0 Å². The molecule has 0 saturated carbocycles. The minimum absolute atomic E-state index is 0.291. The first-order valence-corrected chi connectivity index (χ1v) is 6.09. The number of carbonyl (C=O) groups excluding carboxylic acids is 1. The molecular formula is C12H13N3O2S. The van der Waals surface area contributed by atoms with Crippen LogP contribution in [0.4, 0.5) is 10.8 Å². The number of hydrogen-bond acceptors (Lipinski definition) is 5. The van der Waals surface area contributed by atoms with Crippen molar-refractivity contribution in [2.45, 2.75) is 6.92 Å².